The standard InChI is InChI=1S/C24H29ClN2O3/c1-16(2)21-14-22(25)17(3)13-23(21)30-15-24(29)27-11-9-26(10-12-27)20-7-5-19(6-8-20)18(4)28/h5-8,13-14,16H,9-12,15H2,1-4H3. The summed E-state index contributed by atoms with van der Waals surface area (Å²) >= 11 is 6.25. The predicted molar refractivity (Wildman–Crippen MR) is 121 cm³/mol. The number of hydrogen-bond donors (Lipinski definition) is 0. The molecule has 0 saturated carbocycles. The van der Waals surface area contributed by atoms with E-state index in [4.69, 9.17) is 16.3 Å². The highest BCUT2D eigenvalue weighted by molar-refractivity contribution is 6.31. The molecule has 3 rings (SSSR count). The molecule has 0 radical (unpaired) electrons. The summed E-state index contributed by atoms with van der Waals surface area (Å²) in [5, 5.41) is 0.713. The van der Waals surface area contributed by atoms with Gasteiger partial charge in [0.25, 0.3) is 5.91 Å². The molecule has 5 nitrogen and oxygen atoms in total. The number of hydrogen-bond acceptors (Lipinski definition) is 4. The Bertz CT molecular complexity index is 917. The molecule has 0 spiro atoms. The van der Waals surface area contributed by atoms with Crippen molar-refractivity contribution < 1.29 is 14.3 Å². The summed E-state index contributed by atoms with van der Waals surface area (Å²) in [7, 11) is 0. The second-order valence-corrected chi connectivity index (χ2v) is 8.46. The molecule has 1 aliphatic heterocycles. The number of carbonyl (C=O) groups is 2. The average Bonchev–Trinajstić information content (AvgIpc) is 2.74. The zero-order valence-corrected chi connectivity index (χ0v) is 18.8. The zero-order valence-electron chi connectivity index (χ0n) is 18.1. The largest absolute Gasteiger partial charge is 0.483 e. The monoisotopic (exact) mass is 428 g/mol. The first-order valence-electron chi connectivity index (χ1n) is 10.3. The van der Waals surface area contributed by atoms with Crippen molar-refractivity contribution in [2.24, 2.45) is 0 Å². The summed E-state index contributed by atoms with van der Waals surface area (Å²) in [5.74, 6) is 1.04. The van der Waals surface area contributed by atoms with E-state index in [-0.39, 0.29) is 24.2 Å². The molecule has 1 amide bonds. The number of Topliss-reactive ketones (excluding diaryl/α,β-unsaturated/α-hetero) is 1. The van der Waals surface area contributed by atoms with Gasteiger partial charge in [-0.2, -0.15) is 0 Å². The number of piperazine rings is 1. The molecular formula is C24H29ClN2O3. The van der Waals surface area contributed by atoms with E-state index in [1.807, 2.05) is 48.2 Å². The van der Waals surface area contributed by atoms with E-state index in [2.05, 4.69) is 18.7 Å². The van der Waals surface area contributed by atoms with E-state index in [0.29, 0.717) is 23.7 Å². The summed E-state index contributed by atoms with van der Waals surface area (Å²) in [6, 6.07) is 11.5. The molecule has 0 aromatic heterocycles. The van der Waals surface area contributed by atoms with E-state index in [9.17, 15) is 9.59 Å². The first-order valence-corrected chi connectivity index (χ1v) is 10.7. The number of halogens is 1. The minimum Gasteiger partial charge on any atom is -0.483 e. The van der Waals surface area contributed by atoms with Gasteiger partial charge in [0.05, 0.1) is 0 Å². The molecule has 0 aliphatic carbocycles. The van der Waals surface area contributed by atoms with E-state index >= 15 is 0 Å². The van der Waals surface area contributed by atoms with Crippen LogP contribution < -0.4 is 9.64 Å². The van der Waals surface area contributed by atoms with Gasteiger partial charge in [0.15, 0.2) is 12.4 Å². The summed E-state index contributed by atoms with van der Waals surface area (Å²) in [6.45, 7) is 10.5. The lowest BCUT2D eigenvalue weighted by atomic mass is 10.0. The average molecular weight is 429 g/mol. The van der Waals surface area contributed by atoms with Crippen LogP contribution in [0.2, 0.25) is 5.02 Å². The Labute approximate surface area is 183 Å². The summed E-state index contributed by atoms with van der Waals surface area (Å²) < 4.78 is 5.90. The molecule has 2 aromatic carbocycles. The molecule has 30 heavy (non-hydrogen) atoms. The molecule has 0 N–H and O–H groups in total. The fourth-order valence-corrected chi connectivity index (χ4v) is 3.77. The third-order valence-corrected chi connectivity index (χ3v) is 5.94. The predicted octanol–water partition coefficient (Wildman–Crippen LogP) is 4.70. The highest BCUT2D eigenvalue weighted by atomic mass is 35.5. The highest BCUT2D eigenvalue weighted by Gasteiger charge is 2.22. The molecule has 0 atom stereocenters. The van der Waals surface area contributed by atoms with Crippen LogP contribution in [0.1, 0.15) is 48.2 Å². The van der Waals surface area contributed by atoms with Crippen molar-refractivity contribution in [2.75, 3.05) is 37.7 Å². The molecule has 2 aromatic rings. The third kappa shape index (κ3) is 5.14. The van der Waals surface area contributed by atoms with Crippen molar-refractivity contribution in [2.45, 2.75) is 33.6 Å². The van der Waals surface area contributed by atoms with Crippen LogP contribution in [0.4, 0.5) is 5.69 Å². The first-order chi connectivity index (χ1) is 14.3. The van der Waals surface area contributed by atoms with Gasteiger partial charge in [0, 0.05) is 42.5 Å². The number of benzene rings is 2. The molecule has 6 heteroatoms. The summed E-state index contributed by atoms with van der Waals surface area (Å²) in [5.41, 5.74) is 3.73. The summed E-state index contributed by atoms with van der Waals surface area (Å²) in [6.07, 6.45) is 0. The Morgan fingerprint density at radius 1 is 1.07 bits per heavy atom. The molecule has 1 saturated heterocycles. The number of ketones is 1. The van der Waals surface area contributed by atoms with Crippen molar-refractivity contribution in [3.05, 3.63) is 58.1 Å². The van der Waals surface area contributed by atoms with Gasteiger partial charge in [-0.15, -0.1) is 0 Å². The van der Waals surface area contributed by atoms with E-state index in [1.165, 1.54) is 0 Å². The van der Waals surface area contributed by atoms with Crippen molar-refractivity contribution in [3.8, 4) is 5.75 Å². The fourth-order valence-electron chi connectivity index (χ4n) is 3.60. The summed E-state index contributed by atoms with van der Waals surface area (Å²) in [4.78, 5) is 28.2. The van der Waals surface area contributed by atoms with Crippen LogP contribution in [-0.2, 0) is 4.79 Å². The first kappa shape index (κ1) is 22.2. The van der Waals surface area contributed by atoms with Crippen molar-refractivity contribution in [1.29, 1.82) is 0 Å². The van der Waals surface area contributed by atoms with E-state index < -0.39 is 0 Å². The maximum Gasteiger partial charge on any atom is 0.260 e. The molecular weight excluding hydrogens is 400 g/mol. The fraction of sp³-hybridized carbons (Fsp3) is 0.417. The van der Waals surface area contributed by atoms with E-state index in [1.54, 1.807) is 6.92 Å². The topological polar surface area (TPSA) is 49.9 Å². The van der Waals surface area contributed by atoms with Gasteiger partial charge in [-0.25, -0.2) is 0 Å². The van der Waals surface area contributed by atoms with Gasteiger partial charge in [-0.1, -0.05) is 25.4 Å². The second-order valence-electron chi connectivity index (χ2n) is 8.05. The van der Waals surface area contributed by atoms with Crippen LogP contribution in [0.25, 0.3) is 0 Å². The Hall–Kier alpha value is -2.53. The van der Waals surface area contributed by atoms with Crippen molar-refractivity contribution in [1.82, 2.24) is 4.90 Å². The number of rotatable bonds is 6. The molecule has 0 unspecified atom stereocenters. The highest BCUT2D eigenvalue weighted by Crippen LogP contribution is 2.32. The van der Waals surface area contributed by atoms with Crippen LogP contribution in [0.5, 0.6) is 5.75 Å². The smallest absolute Gasteiger partial charge is 0.260 e. The van der Waals surface area contributed by atoms with Gasteiger partial charge in [-0.05, 0) is 67.3 Å². The molecule has 1 fully saturated rings. The number of ether oxygens (including phenoxy) is 1. The zero-order chi connectivity index (χ0) is 21.8. The molecule has 1 heterocycles. The second kappa shape index (κ2) is 9.52. The maximum atomic E-state index is 12.7. The minimum absolute atomic E-state index is 0.0103. The van der Waals surface area contributed by atoms with Gasteiger partial charge in [0.2, 0.25) is 0 Å². The van der Waals surface area contributed by atoms with Crippen LogP contribution in [0.3, 0.4) is 0 Å². The van der Waals surface area contributed by atoms with Gasteiger partial charge in [0.1, 0.15) is 5.75 Å². The quantitative estimate of drug-likeness (QED) is 0.625. The van der Waals surface area contributed by atoms with E-state index in [0.717, 1.165) is 35.7 Å². The van der Waals surface area contributed by atoms with Crippen LogP contribution in [-0.4, -0.2) is 49.4 Å². The van der Waals surface area contributed by atoms with Crippen LogP contribution in [0, 0.1) is 6.92 Å². The minimum atomic E-state index is -0.0103. The molecule has 1 aliphatic rings. The van der Waals surface area contributed by atoms with Gasteiger partial charge in [-0.3, -0.25) is 9.59 Å². The van der Waals surface area contributed by atoms with Gasteiger partial charge < -0.3 is 14.5 Å². The lowest BCUT2D eigenvalue weighted by molar-refractivity contribution is -0.133. The SMILES string of the molecule is CC(=O)c1ccc(N2CCN(C(=O)COc3cc(C)c(Cl)cc3C(C)C)CC2)cc1. The number of nitrogens with zero attached hydrogens (tertiary/aromatic N) is 2. The Balaban J connectivity index is 1.56. The Morgan fingerprint density at radius 2 is 1.70 bits per heavy atom. The lowest BCUT2D eigenvalue weighted by Gasteiger charge is -2.36. The van der Waals surface area contributed by atoms with Crippen LogP contribution in [0.15, 0.2) is 36.4 Å². The number of anilines is 1. The Morgan fingerprint density at radius 3 is 2.27 bits per heavy atom. The van der Waals surface area contributed by atoms with Gasteiger partial charge >= 0.3 is 0 Å². The third-order valence-electron chi connectivity index (χ3n) is 5.54. The maximum absolute atomic E-state index is 12.7. The van der Waals surface area contributed by atoms with Crippen molar-refractivity contribution in [3.63, 3.8) is 0 Å². The number of carbonyl (C=O) groups excluding carboxylic acids is 2. The molecule has 160 valence electrons. The number of amides is 1. The lowest BCUT2D eigenvalue weighted by Crippen LogP contribution is -2.50. The molecule has 0 bridgehead atoms. The normalized spacial score (nSPS) is 14.2. The van der Waals surface area contributed by atoms with Crippen LogP contribution >= 0.6 is 11.6 Å². The number of aryl methyl sites for hydroxylation is 1. The van der Waals surface area contributed by atoms with Crippen molar-refractivity contribution >= 4 is 29.0 Å². The Kier molecular flexibility index (Phi) is 7.03.